The first kappa shape index (κ1) is 13.7. The van der Waals surface area contributed by atoms with E-state index in [4.69, 9.17) is 9.84 Å². The number of carboxylic acid groups (broad SMARTS) is 1. The molecular weight excluding hydrogens is 288 g/mol. The van der Waals surface area contributed by atoms with Gasteiger partial charge in [-0.05, 0) is 18.6 Å². The van der Waals surface area contributed by atoms with Crippen LogP contribution < -0.4 is 4.74 Å². The van der Waals surface area contributed by atoms with Crippen molar-refractivity contribution in [2.45, 2.75) is 18.2 Å². The quantitative estimate of drug-likeness (QED) is 0.848. The van der Waals surface area contributed by atoms with E-state index in [1.165, 1.54) is 14.0 Å². The lowest BCUT2D eigenvalue weighted by Gasteiger charge is -2.15. The molecule has 1 aromatic rings. The van der Waals surface area contributed by atoms with Gasteiger partial charge in [-0.3, -0.25) is 9.59 Å². The molecule has 0 aliphatic carbocycles. The molecule has 0 aliphatic rings. The number of halogens is 1. The third-order valence-corrected chi connectivity index (χ3v) is 3.49. The Kier molecular flexibility index (Phi) is 4.69. The predicted molar refractivity (Wildman–Crippen MR) is 66.7 cm³/mol. The van der Waals surface area contributed by atoms with Crippen molar-refractivity contribution in [1.29, 1.82) is 0 Å². The summed E-state index contributed by atoms with van der Waals surface area (Å²) in [6.45, 7) is 1.45. The van der Waals surface area contributed by atoms with Crippen molar-refractivity contribution < 1.29 is 19.4 Å². The number of benzene rings is 1. The van der Waals surface area contributed by atoms with Gasteiger partial charge in [-0.25, -0.2) is 0 Å². The van der Waals surface area contributed by atoms with Gasteiger partial charge in [0.2, 0.25) is 0 Å². The molecule has 0 heterocycles. The van der Waals surface area contributed by atoms with Crippen LogP contribution in [0, 0.1) is 0 Å². The lowest BCUT2D eigenvalue weighted by atomic mass is 9.99. The summed E-state index contributed by atoms with van der Waals surface area (Å²) in [4.78, 5) is 21.7. The third-order valence-electron chi connectivity index (χ3n) is 2.35. The number of carboxylic acids is 1. The molecule has 1 aromatic carbocycles. The largest absolute Gasteiger partial charge is 0.496 e. The summed E-state index contributed by atoms with van der Waals surface area (Å²) in [5.41, 5.74) is 1.17. The number of hydrogen-bond donors (Lipinski definition) is 1. The molecule has 0 radical (unpaired) electrons. The molecule has 0 fully saturated rings. The molecule has 0 spiro atoms. The summed E-state index contributed by atoms with van der Waals surface area (Å²) in [5.74, 6) is -0.556. The Balaban J connectivity index is 3.28. The molecule has 0 aromatic heterocycles. The van der Waals surface area contributed by atoms with E-state index in [9.17, 15) is 9.59 Å². The number of hydrogen-bond acceptors (Lipinski definition) is 3. The zero-order valence-corrected chi connectivity index (χ0v) is 11.2. The maximum absolute atomic E-state index is 11.3. The minimum Gasteiger partial charge on any atom is -0.496 e. The SMILES string of the molecule is COc1cccc(C(Br)C(C)=O)c1CC(=O)O. The topological polar surface area (TPSA) is 63.6 Å². The van der Waals surface area contributed by atoms with Gasteiger partial charge in [0, 0.05) is 5.56 Å². The van der Waals surface area contributed by atoms with E-state index in [1.807, 2.05) is 0 Å². The molecule has 1 atom stereocenters. The lowest BCUT2D eigenvalue weighted by molar-refractivity contribution is -0.136. The highest BCUT2D eigenvalue weighted by molar-refractivity contribution is 9.09. The van der Waals surface area contributed by atoms with Crippen LogP contribution in [0.5, 0.6) is 5.75 Å². The minimum absolute atomic E-state index is 0.0788. The van der Waals surface area contributed by atoms with E-state index >= 15 is 0 Å². The summed E-state index contributed by atoms with van der Waals surface area (Å²) in [7, 11) is 1.47. The Hall–Kier alpha value is -1.36. The Morgan fingerprint density at radius 1 is 1.47 bits per heavy atom. The fourth-order valence-corrected chi connectivity index (χ4v) is 2.00. The number of ether oxygens (including phenoxy) is 1. The monoisotopic (exact) mass is 300 g/mol. The Morgan fingerprint density at radius 3 is 2.59 bits per heavy atom. The third kappa shape index (κ3) is 3.30. The van der Waals surface area contributed by atoms with Gasteiger partial charge in [0.05, 0.1) is 18.4 Å². The normalized spacial score (nSPS) is 11.9. The number of carbonyl (C=O) groups excluding carboxylic acids is 1. The van der Waals surface area contributed by atoms with Gasteiger partial charge in [0.25, 0.3) is 0 Å². The number of carbonyl (C=O) groups is 2. The minimum atomic E-state index is -0.959. The smallest absolute Gasteiger partial charge is 0.307 e. The van der Waals surface area contributed by atoms with Gasteiger partial charge in [-0.15, -0.1) is 0 Å². The fourth-order valence-electron chi connectivity index (χ4n) is 1.57. The van der Waals surface area contributed by atoms with Gasteiger partial charge in [0.1, 0.15) is 11.5 Å². The molecule has 1 rings (SSSR count). The van der Waals surface area contributed by atoms with Crippen molar-refractivity contribution in [3.63, 3.8) is 0 Å². The number of aliphatic carboxylic acids is 1. The lowest BCUT2D eigenvalue weighted by Crippen LogP contribution is -2.10. The van der Waals surface area contributed by atoms with Crippen molar-refractivity contribution >= 4 is 27.7 Å². The molecule has 0 bridgehead atoms. The second-order valence-corrected chi connectivity index (χ2v) is 4.49. The highest BCUT2D eigenvalue weighted by Crippen LogP contribution is 2.32. The second kappa shape index (κ2) is 5.82. The predicted octanol–water partition coefficient (Wildman–Crippen LogP) is 2.35. The summed E-state index contributed by atoms with van der Waals surface area (Å²) >= 11 is 3.26. The van der Waals surface area contributed by atoms with Crippen LogP contribution in [-0.4, -0.2) is 24.0 Å². The molecule has 0 aliphatic heterocycles. The number of alkyl halides is 1. The van der Waals surface area contributed by atoms with Crippen molar-refractivity contribution in [2.24, 2.45) is 0 Å². The van der Waals surface area contributed by atoms with E-state index in [-0.39, 0.29) is 12.2 Å². The summed E-state index contributed by atoms with van der Waals surface area (Å²) in [5, 5.41) is 8.88. The highest BCUT2D eigenvalue weighted by atomic mass is 79.9. The van der Waals surface area contributed by atoms with Gasteiger partial charge in [0.15, 0.2) is 0 Å². The summed E-state index contributed by atoms with van der Waals surface area (Å²) in [6.07, 6.45) is -0.172. The standard InChI is InChI=1S/C12H13BrO4/c1-7(14)12(13)8-4-3-5-10(17-2)9(8)6-11(15)16/h3-5,12H,6H2,1-2H3,(H,15,16). The molecule has 17 heavy (non-hydrogen) atoms. The average molecular weight is 301 g/mol. The first-order valence-electron chi connectivity index (χ1n) is 4.99. The van der Waals surface area contributed by atoms with Crippen LogP contribution in [-0.2, 0) is 16.0 Å². The van der Waals surface area contributed by atoms with Crippen LogP contribution in [0.3, 0.4) is 0 Å². The molecule has 1 unspecified atom stereocenters. The maximum Gasteiger partial charge on any atom is 0.307 e. The first-order valence-corrected chi connectivity index (χ1v) is 5.91. The highest BCUT2D eigenvalue weighted by Gasteiger charge is 2.20. The molecule has 0 saturated carbocycles. The molecule has 0 saturated heterocycles. The maximum atomic E-state index is 11.3. The van der Waals surface area contributed by atoms with E-state index in [1.54, 1.807) is 18.2 Å². The molecule has 4 nitrogen and oxygen atoms in total. The van der Waals surface area contributed by atoms with Crippen LogP contribution in [0.1, 0.15) is 22.9 Å². The van der Waals surface area contributed by atoms with E-state index in [0.29, 0.717) is 16.9 Å². The van der Waals surface area contributed by atoms with Crippen molar-refractivity contribution in [1.82, 2.24) is 0 Å². The van der Waals surface area contributed by atoms with Gasteiger partial charge in [-0.2, -0.15) is 0 Å². The molecule has 1 N–H and O–H groups in total. The Morgan fingerprint density at radius 2 is 2.12 bits per heavy atom. The van der Waals surface area contributed by atoms with Gasteiger partial charge in [-0.1, -0.05) is 28.1 Å². The van der Waals surface area contributed by atoms with Gasteiger partial charge < -0.3 is 9.84 Å². The first-order chi connectivity index (χ1) is 7.97. The fraction of sp³-hybridized carbons (Fsp3) is 0.333. The van der Waals surface area contributed by atoms with Crippen molar-refractivity contribution in [2.75, 3.05) is 7.11 Å². The summed E-state index contributed by atoms with van der Waals surface area (Å²) in [6, 6.07) is 5.14. The van der Waals surface area contributed by atoms with Crippen LogP contribution >= 0.6 is 15.9 Å². The van der Waals surface area contributed by atoms with E-state index < -0.39 is 10.8 Å². The zero-order valence-electron chi connectivity index (χ0n) is 9.57. The van der Waals surface area contributed by atoms with Gasteiger partial charge >= 0.3 is 5.97 Å². The number of methoxy groups -OCH3 is 1. The van der Waals surface area contributed by atoms with Crippen LogP contribution in [0.2, 0.25) is 0 Å². The Labute approximate surface area is 108 Å². The Bertz CT molecular complexity index is 442. The van der Waals surface area contributed by atoms with Crippen LogP contribution in [0.15, 0.2) is 18.2 Å². The molecule has 0 amide bonds. The molecule has 92 valence electrons. The number of rotatable bonds is 5. The van der Waals surface area contributed by atoms with Crippen LogP contribution in [0.4, 0.5) is 0 Å². The summed E-state index contributed by atoms with van der Waals surface area (Å²) < 4.78 is 5.12. The second-order valence-electron chi connectivity index (χ2n) is 3.57. The van der Waals surface area contributed by atoms with Crippen molar-refractivity contribution in [3.05, 3.63) is 29.3 Å². The number of Topliss-reactive ketones (excluding diaryl/α,β-unsaturated/α-hetero) is 1. The van der Waals surface area contributed by atoms with Crippen molar-refractivity contribution in [3.8, 4) is 5.75 Å². The van der Waals surface area contributed by atoms with E-state index in [2.05, 4.69) is 15.9 Å². The van der Waals surface area contributed by atoms with Crippen LogP contribution in [0.25, 0.3) is 0 Å². The number of ketones is 1. The van der Waals surface area contributed by atoms with E-state index in [0.717, 1.165) is 0 Å². The zero-order chi connectivity index (χ0) is 13.0. The molecule has 5 heteroatoms. The average Bonchev–Trinajstić information content (AvgIpc) is 2.27. The molecular formula is C12H13BrO4.